The van der Waals surface area contributed by atoms with E-state index >= 15 is 0 Å². The minimum atomic E-state index is 0.627. The highest BCUT2D eigenvalue weighted by molar-refractivity contribution is 6.31. The van der Waals surface area contributed by atoms with Crippen molar-refractivity contribution in [3.8, 4) is 11.8 Å². The summed E-state index contributed by atoms with van der Waals surface area (Å²) in [6.07, 6.45) is 15.3. The predicted molar refractivity (Wildman–Crippen MR) is 127 cm³/mol. The van der Waals surface area contributed by atoms with Crippen molar-refractivity contribution in [2.45, 2.75) is 89.5 Å². The molecule has 0 amide bonds. The molecule has 0 spiro atoms. The summed E-state index contributed by atoms with van der Waals surface area (Å²) >= 11 is 6.81. The second kappa shape index (κ2) is 9.26. The highest BCUT2D eigenvalue weighted by atomic mass is 35.5. The fraction of sp³-hybridized carbons (Fsp3) is 0.714. The monoisotopic (exact) mass is 423 g/mol. The third-order valence-electron chi connectivity index (χ3n) is 8.89. The molecule has 0 radical (unpaired) electrons. The summed E-state index contributed by atoms with van der Waals surface area (Å²) in [6.45, 7) is 3.34. The second-order valence-electron chi connectivity index (χ2n) is 10.9. The Labute approximate surface area is 188 Å². The molecule has 1 aromatic rings. The second-order valence-corrected chi connectivity index (χ2v) is 11.3. The molecule has 1 unspecified atom stereocenters. The van der Waals surface area contributed by atoms with E-state index in [1.54, 1.807) is 0 Å². The number of rotatable bonds is 5. The Balaban J connectivity index is 1.15. The molecule has 0 saturated heterocycles. The first kappa shape index (κ1) is 20.9. The van der Waals surface area contributed by atoms with E-state index in [2.05, 4.69) is 42.3 Å². The smallest absolute Gasteiger partial charge is 0.0453 e. The van der Waals surface area contributed by atoms with Gasteiger partial charge in [0, 0.05) is 29.6 Å². The summed E-state index contributed by atoms with van der Waals surface area (Å²) in [5.74, 6) is 12.1. The summed E-state index contributed by atoms with van der Waals surface area (Å²) < 4.78 is 0. The summed E-state index contributed by atoms with van der Waals surface area (Å²) in [7, 11) is 0. The SMILES string of the molecule is CC(NCCC#Cc1ccc(C2C3CC4CC(C3)CC2C4)c(Cl)c1)C1CCCCC1. The van der Waals surface area contributed by atoms with Crippen molar-refractivity contribution in [3.63, 3.8) is 0 Å². The standard InChI is InChI=1S/C28H38ClN/c1-19(23-8-3-2-4-9-23)30-12-6-5-7-20-10-11-26(27(29)18-20)28-24-14-21-13-22(16-24)17-25(28)15-21/h10-11,18-19,21-25,28,30H,2-4,6,8-9,12-17H2,1H3. The number of halogens is 1. The van der Waals surface area contributed by atoms with Gasteiger partial charge in [-0.3, -0.25) is 0 Å². The van der Waals surface area contributed by atoms with Crippen molar-refractivity contribution in [2.24, 2.45) is 29.6 Å². The van der Waals surface area contributed by atoms with Gasteiger partial charge < -0.3 is 5.32 Å². The fourth-order valence-corrected chi connectivity index (χ4v) is 7.94. The lowest BCUT2D eigenvalue weighted by atomic mass is 9.51. The topological polar surface area (TPSA) is 12.0 Å². The van der Waals surface area contributed by atoms with Gasteiger partial charge in [-0.25, -0.2) is 0 Å². The first-order valence-electron chi connectivity index (χ1n) is 12.7. The van der Waals surface area contributed by atoms with Crippen LogP contribution in [0.1, 0.15) is 94.6 Å². The molecule has 6 rings (SSSR count). The first-order valence-corrected chi connectivity index (χ1v) is 13.1. The van der Waals surface area contributed by atoms with Crippen LogP contribution in [0.15, 0.2) is 18.2 Å². The normalized spacial score (nSPS) is 33.9. The highest BCUT2D eigenvalue weighted by Crippen LogP contribution is 2.60. The maximum absolute atomic E-state index is 6.81. The maximum atomic E-state index is 6.81. The van der Waals surface area contributed by atoms with Gasteiger partial charge in [-0.2, -0.15) is 0 Å². The van der Waals surface area contributed by atoms with Crippen molar-refractivity contribution in [2.75, 3.05) is 6.54 Å². The molecule has 0 aliphatic heterocycles. The van der Waals surface area contributed by atoms with E-state index in [1.807, 2.05) is 0 Å². The minimum absolute atomic E-state index is 0.627. The molecular weight excluding hydrogens is 386 g/mol. The Morgan fingerprint density at radius 3 is 2.37 bits per heavy atom. The molecular formula is C28H38ClN. The lowest BCUT2D eigenvalue weighted by Crippen LogP contribution is -2.43. The molecule has 2 heteroatoms. The predicted octanol–water partition coefficient (Wildman–Crippen LogP) is 7.18. The number of hydrogen-bond donors (Lipinski definition) is 1. The van der Waals surface area contributed by atoms with Gasteiger partial charge in [0.05, 0.1) is 0 Å². The van der Waals surface area contributed by atoms with Crippen LogP contribution in [0.4, 0.5) is 0 Å². The van der Waals surface area contributed by atoms with Gasteiger partial charge in [-0.05, 0) is 105 Å². The number of benzene rings is 1. The van der Waals surface area contributed by atoms with Gasteiger partial charge in [0.25, 0.3) is 0 Å². The van der Waals surface area contributed by atoms with Crippen molar-refractivity contribution in [3.05, 3.63) is 34.3 Å². The lowest BCUT2D eigenvalue weighted by Gasteiger charge is -2.54. The molecule has 4 bridgehead atoms. The molecule has 5 saturated carbocycles. The Bertz CT molecular complexity index is 769. The van der Waals surface area contributed by atoms with Crippen molar-refractivity contribution >= 4 is 11.6 Å². The van der Waals surface area contributed by atoms with Crippen LogP contribution < -0.4 is 5.32 Å². The Morgan fingerprint density at radius 1 is 1.00 bits per heavy atom. The van der Waals surface area contributed by atoms with Crippen LogP contribution in [-0.2, 0) is 0 Å². The lowest BCUT2D eigenvalue weighted by molar-refractivity contribution is -0.00275. The van der Waals surface area contributed by atoms with E-state index in [0.29, 0.717) is 12.0 Å². The van der Waals surface area contributed by atoms with E-state index in [9.17, 15) is 0 Å². The van der Waals surface area contributed by atoms with Crippen molar-refractivity contribution < 1.29 is 0 Å². The van der Waals surface area contributed by atoms with Crippen LogP contribution in [0.5, 0.6) is 0 Å². The van der Waals surface area contributed by atoms with Crippen LogP contribution in [0, 0.1) is 41.4 Å². The molecule has 0 aromatic heterocycles. The minimum Gasteiger partial charge on any atom is -0.313 e. The van der Waals surface area contributed by atoms with Crippen molar-refractivity contribution in [1.82, 2.24) is 5.32 Å². The molecule has 162 valence electrons. The Kier molecular flexibility index (Phi) is 6.45. The van der Waals surface area contributed by atoms with Gasteiger partial charge in [0.1, 0.15) is 0 Å². The molecule has 1 aromatic carbocycles. The van der Waals surface area contributed by atoms with Crippen LogP contribution in [-0.4, -0.2) is 12.6 Å². The number of hydrogen-bond acceptors (Lipinski definition) is 1. The third-order valence-corrected chi connectivity index (χ3v) is 9.22. The zero-order valence-electron chi connectivity index (χ0n) is 18.6. The average molecular weight is 424 g/mol. The molecule has 1 atom stereocenters. The van der Waals surface area contributed by atoms with E-state index < -0.39 is 0 Å². The molecule has 30 heavy (non-hydrogen) atoms. The zero-order valence-corrected chi connectivity index (χ0v) is 19.4. The van der Waals surface area contributed by atoms with Gasteiger partial charge in [-0.15, -0.1) is 0 Å². The molecule has 5 aliphatic carbocycles. The molecule has 5 aliphatic rings. The van der Waals surface area contributed by atoms with Gasteiger partial charge in [-0.1, -0.05) is 48.8 Å². The van der Waals surface area contributed by atoms with E-state index in [-0.39, 0.29) is 0 Å². The average Bonchev–Trinajstić information content (AvgIpc) is 2.74. The molecule has 1 nitrogen and oxygen atoms in total. The number of nitrogens with one attached hydrogen (secondary N) is 1. The quantitative estimate of drug-likeness (QED) is 0.390. The van der Waals surface area contributed by atoms with Gasteiger partial charge >= 0.3 is 0 Å². The van der Waals surface area contributed by atoms with Crippen LogP contribution in [0.2, 0.25) is 5.02 Å². The summed E-state index contributed by atoms with van der Waals surface area (Å²) in [5, 5.41) is 4.66. The first-order chi connectivity index (χ1) is 14.7. The highest BCUT2D eigenvalue weighted by Gasteiger charge is 2.48. The van der Waals surface area contributed by atoms with E-state index in [0.717, 1.165) is 53.1 Å². The maximum Gasteiger partial charge on any atom is 0.0453 e. The van der Waals surface area contributed by atoms with Crippen LogP contribution in [0.25, 0.3) is 0 Å². The Morgan fingerprint density at radius 2 is 1.70 bits per heavy atom. The Hall–Kier alpha value is -0.970. The van der Waals surface area contributed by atoms with Crippen LogP contribution >= 0.6 is 11.6 Å². The third kappa shape index (κ3) is 4.47. The van der Waals surface area contributed by atoms with Gasteiger partial charge in [0.2, 0.25) is 0 Å². The summed E-state index contributed by atoms with van der Waals surface area (Å²) in [5.41, 5.74) is 2.49. The van der Waals surface area contributed by atoms with Crippen LogP contribution in [0.3, 0.4) is 0 Å². The molecule has 0 heterocycles. The van der Waals surface area contributed by atoms with Crippen molar-refractivity contribution in [1.29, 1.82) is 0 Å². The molecule has 1 N–H and O–H groups in total. The summed E-state index contributed by atoms with van der Waals surface area (Å²) in [4.78, 5) is 0. The molecule has 5 fully saturated rings. The van der Waals surface area contributed by atoms with Gasteiger partial charge in [0.15, 0.2) is 0 Å². The fourth-order valence-electron chi connectivity index (χ4n) is 7.64. The van der Waals surface area contributed by atoms with E-state index in [1.165, 1.54) is 69.8 Å². The zero-order chi connectivity index (χ0) is 20.5. The largest absolute Gasteiger partial charge is 0.313 e. The summed E-state index contributed by atoms with van der Waals surface area (Å²) in [6, 6.07) is 7.29. The van der Waals surface area contributed by atoms with E-state index in [4.69, 9.17) is 11.6 Å².